The second-order valence-corrected chi connectivity index (χ2v) is 5.36. The summed E-state index contributed by atoms with van der Waals surface area (Å²) >= 11 is 0. The van der Waals surface area contributed by atoms with Crippen LogP contribution in [0.2, 0.25) is 0 Å². The molecule has 0 bridgehead atoms. The van der Waals surface area contributed by atoms with E-state index >= 15 is 0 Å². The van der Waals surface area contributed by atoms with Gasteiger partial charge in [-0.3, -0.25) is 9.59 Å². The average Bonchev–Trinajstić information content (AvgIpc) is 2.67. The summed E-state index contributed by atoms with van der Waals surface area (Å²) in [6.07, 6.45) is 0. The number of carbonyl (C=O) groups is 1. The van der Waals surface area contributed by atoms with Crippen LogP contribution in [-0.4, -0.2) is 27.2 Å². The van der Waals surface area contributed by atoms with Crippen LogP contribution in [0.15, 0.2) is 51.7 Å². The van der Waals surface area contributed by atoms with Crippen LogP contribution in [0.3, 0.4) is 0 Å². The fourth-order valence-electron chi connectivity index (χ4n) is 2.48. The molecular formula is C19H17NO6. The molecule has 7 heteroatoms. The third-order valence-electron chi connectivity index (χ3n) is 3.80. The summed E-state index contributed by atoms with van der Waals surface area (Å²) < 4.78 is 21.0. The van der Waals surface area contributed by atoms with Crippen LogP contribution >= 0.6 is 0 Å². The largest absolute Gasteiger partial charge is 0.497 e. The van der Waals surface area contributed by atoms with E-state index in [4.69, 9.17) is 18.6 Å². The maximum atomic E-state index is 12.5. The summed E-state index contributed by atoms with van der Waals surface area (Å²) in [5.74, 6) is 0.868. The van der Waals surface area contributed by atoms with Crippen molar-refractivity contribution in [2.45, 2.75) is 0 Å². The zero-order chi connectivity index (χ0) is 18.7. The number of methoxy groups -OCH3 is 3. The van der Waals surface area contributed by atoms with Crippen molar-refractivity contribution in [2.75, 3.05) is 26.6 Å². The lowest BCUT2D eigenvalue weighted by Gasteiger charge is -2.10. The molecule has 26 heavy (non-hydrogen) atoms. The summed E-state index contributed by atoms with van der Waals surface area (Å²) in [7, 11) is 4.53. The number of nitrogens with one attached hydrogen (secondary N) is 1. The van der Waals surface area contributed by atoms with E-state index in [-0.39, 0.29) is 16.8 Å². The number of hydrogen-bond donors (Lipinski definition) is 1. The predicted molar refractivity (Wildman–Crippen MR) is 96.5 cm³/mol. The summed E-state index contributed by atoms with van der Waals surface area (Å²) in [5, 5.41) is 3.04. The van der Waals surface area contributed by atoms with Gasteiger partial charge in [0.1, 0.15) is 11.3 Å². The van der Waals surface area contributed by atoms with Crippen LogP contribution in [0.25, 0.3) is 11.0 Å². The number of amides is 1. The number of rotatable bonds is 5. The molecule has 1 aromatic heterocycles. The maximum absolute atomic E-state index is 12.5. The van der Waals surface area contributed by atoms with E-state index in [2.05, 4.69) is 5.32 Å². The van der Waals surface area contributed by atoms with E-state index < -0.39 is 5.91 Å². The van der Waals surface area contributed by atoms with Gasteiger partial charge in [-0.15, -0.1) is 0 Å². The molecule has 0 radical (unpaired) electrons. The molecule has 0 aliphatic rings. The van der Waals surface area contributed by atoms with Crippen LogP contribution in [-0.2, 0) is 0 Å². The average molecular weight is 355 g/mol. The highest BCUT2D eigenvalue weighted by atomic mass is 16.5. The van der Waals surface area contributed by atoms with Gasteiger partial charge in [0, 0.05) is 23.9 Å². The molecule has 134 valence electrons. The van der Waals surface area contributed by atoms with Crippen molar-refractivity contribution in [3.63, 3.8) is 0 Å². The normalized spacial score (nSPS) is 10.4. The second kappa shape index (κ2) is 7.18. The Morgan fingerprint density at radius 2 is 1.69 bits per heavy atom. The number of carbonyl (C=O) groups excluding carboxylic acids is 1. The quantitative estimate of drug-likeness (QED) is 0.757. The number of fused-ring (bicyclic) bond motifs is 1. The molecule has 0 aliphatic heterocycles. The summed E-state index contributed by atoms with van der Waals surface area (Å²) in [5.41, 5.74) is 0.432. The summed E-state index contributed by atoms with van der Waals surface area (Å²) in [4.78, 5) is 24.7. The minimum Gasteiger partial charge on any atom is -0.497 e. The number of ether oxygens (including phenoxy) is 3. The standard InChI is InChI=1S/C19H17NO6/c1-23-12-5-6-13-14(21)10-18(26-16(13)9-12)19(22)20-11-4-7-15(24-2)17(8-11)25-3/h4-10H,1-3H3,(H,20,22). The Labute approximate surface area is 149 Å². The first-order chi connectivity index (χ1) is 12.5. The van der Waals surface area contributed by atoms with Crippen molar-refractivity contribution in [2.24, 2.45) is 0 Å². The van der Waals surface area contributed by atoms with Crippen molar-refractivity contribution in [3.05, 3.63) is 58.4 Å². The SMILES string of the molecule is COc1ccc2c(=O)cc(C(=O)Nc3ccc(OC)c(OC)c3)oc2c1. The molecule has 3 aromatic rings. The van der Waals surface area contributed by atoms with Crippen molar-refractivity contribution in [3.8, 4) is 17.2 Å². The lowest BCUT2D eigenvalue weighted by atomic mass is 10.2. The van der Waals surface area contributed by atoms with Gasteiger partial charge < -0.3 is 23.9 Å². The smallest absolute Gasteiger partial charge is 0.291 e. The van der Waals surface area contributed by atoms with E-state index in [1.165, 1.54) is 21.3 Å². The second-order valence-electron chi connectivity index (χ2n) is 5.36. The van der Waals surface area contributed by atoms with E-state index in [9.17, 15) is 9.59 Å². The highest BCUT2D eigenvalue weighted by molar-refractivity contribution is 6.03. The summed E-state index contributed by atoms with van der Waals surface area (Å²) in [6.45, 7) is 0. The minimum atomic E-state index is -0.556. The van der Waals surface area contributed by atoms with E-state index in [1.54, 1.807) is 36.4 Å². The molecular weight excluding hydrogens is 338 g/mol. The Hall–Kier alpha value is -3.48. The Balaban J connectivity index is 1.93. The van der Waals surface area contributed by atoms with Crippen LogP contribution in [0, 0.1) is 0 Å². The van der Waals surface area contributed by atoms with Crippen LogP contribution < -0.4 is 25.0 Å². The Bertz CT molecular complexity index is 1020. The molecule has 0 saturated carbocycles. The molecule has 1 heterocycles. The molecule has 0 saturated heterocycles. The zero-order valence-electron chi connectivity index (χ0n) is 14.5. The first-order valence-electron chi connectivity index (χ1n) is 7.71. The maximum Gasteiger partial charge on any atom is 0.291 e. The van der Waals surface area contributed by atoms with E-state index in [0.29, 0.717) is 28.3 Å². The Morgan fingerprint density at radius 1 is 0.923 bits per heavy atom. The van der Waals surface area contributed by atoms with Crippen LogP contribution in [0.1, 0.15) is 10.6 Å². The molecule has 1 amide bonds. The van der Waals surface area contributed by atoms with Gasteiger partial charge in [0.05, 0.1) is 26.7 Å². The molecule has 1 N–H and O–H groups in total. The third-order valence-corrected chi connectivity index (χ3v) is 3.80. The first kappa shape index (κ1) is 17.3. The minimum absolute atomic E-state index is 0.106. The van der Waals surface area contributed by atoms with Gasteiger partial charge in [-0.2, -0.15) is 0 Å². The van der Waals surface area contributed by atoms with E-state index in [1.807, 2.05) is 0 Å². The van der Waals surface area contributed by atoms with Gasteiger partial charge in [0.15, 0.2) is 22.7 Å². The van der Waals surface area contributed by atoms with Crippen molar-refractivity contribution in [1.82, 2.24) is 0 Å². The number of anilines is 1. The lowest BCUT2D eigenvalue weighted by Crippen LogP contribution is -2.15. The molecule has 0 spiro atoms. The van der Waals surface area contributed by atoms with Crippen LogP contribution in [0.5, 0.6) is 17.2 Å². The molecule has 0 atom stereocenters. The highest BCUT2D eigenvalue weighted by Gasteiger charge is 2.14. The predicted octanol–water partition coefficient (Wildman–Crippen LogP) is 3.07. The first-order valence-corrected chi connectivity index (χ1v) is 7.71. The zero-order valence-corrected chi connectivity index (χ0v) is 14.5. The molecule has 7 nitrogen and oxygen atoms in total. The van der Waals surface area contributed by atoms with Gasteiger partial charge >= 0.3 is 0 Å². The van der Waals surface area contributed by atoms with Gasteiger partial charge in [-0.05, 0) is 24.3 Å². The van der Waals surface area contributed by atoms with Gasteiger partial charge in [0.25, 0.3) is 5.91 Å². The lowest BCUT2D eigenvalue weighted by molar-refractivity contribution is 0.0997. The van der Waals surface area contributed by atoms with Gasteiger partial charge in [-0.25, -0.2) is 0 Å². The number of benzene rings is 2. The van der Waals surface area contributed by atoms with Crippen LogP contribution in [0.4, 0.5) is 5.69 Å². The van der Waals surface area contributed by atoms with Gasteiger partial charge in [-0.1, -0.05) is 0 Å². The van der Waals surface area contributed by atoms with Crippen molar-refractivity contribution < 1.29 is 23.4 Å². The Kier molecular flexibility index (Phi) is 4.79. The summed E-state index contributed by atoms with van der Waals surface area (Å²) in [6, 6.07) is 10.9. The molecule has 0 fully saturated rings. The van der Waals surface area contributed by atoms with Crippen molar-refractivity contribution in [1.29, 1.82) is 0 Å². The highest BCUT2D eigenvalue weighted by Crippen LogP contribution is 2.30. The van der Waals surface area contributed by atoms with Gasteiger partial charge in [0.2, 0.25) is 0 Å². The fourth-order valence-corrected chi connectivity index (χ4v) is 2.48. The molecule has 0 unspecified atom stereocenters. The van der Waals surface area contributed by atoms with Crippen molar-refractivity contribution >= 4 is 22.6 Å². The fraction of sp³-hybridized carbons (Fsp3) is 0.158. The number of hydrogen-bond acceptors (Lipinski definition) is 6. The molecule has 0 aliphatic carbocycles. The molecule has 3 rings (SSSR count). The topological polar surface area (TPSA) is 87.0 Å². The monoisotopic (exact) mass is 355 g/mol. The molecule has 2 aromatic carbocycles. The Morgan fingerprint density at radius 3 is 2.38 bits per heavy atom. The van der Waals surface area contributed by atoms with E-state index in [0.717, 1.165) is 6.07 Å². The third kappa shape index (κ3) is 3.32.